The predicted octanol–water partition coefficient (Wildman–Crippen LogP) is 3.74. The molecule has 2 aromatic rings. The number of pyridine rings is 2. The summed E-state index contributed by atoms with van der Waals surface area (Å²) < 4.78 is 0. The number of carbonyl (C=O) groups is 1. The lowest BCUT2D eigenvalue weighted by Crippen LogP contribution is -2.49. The van der Waals surface area contributed by atoms with Crippen molar-refractivity contribution in [1.29, 1.82) is 0 Å². The van der Waals surface area contributed by atoms with Crippen LogP contribution in [0.3, 0.4) is 0 Å². The van der Waals surface area contributed by atoms with E-state index in [0.717, 1.165) is 37.6 Å². The Morgan fingerprint density at radius 1 is 1.03 bits per heavy atom. The summed E-state index contributed by atoms with van der Waals surface area (Å²) in [5, 5.41) is 3.45. The molecule has 4 rings (SSSR count). The highest BCUT2D eigenvalue weighted by Gasteiger charge is 2.23. The summed E-state index contributed by atoms with van der Waals surface area (Å²) in [5.41, 5.74) is 3.03. The second kappa shape index (κ2) is 9.54. The van der Waals surface area contributed by atoms with Gasteiger partial charge in [-0.2, -0.15) is 0 Å². The van der Waals surface area contributed by atoms with E-state index in [1.54, 1.807) is 18.0 Å². The zero-order chi connectivity index (χ0) is 19.9. The number of nitrogens with one attached hydrogen (secondary N) is 1. The first-order valence-corrected chi connectivity index (χ1v) is 10.6. The van der Waals surface area contributed by atoms with Gasteiger partial charge in [-0.25, -0.2) is 4.98 Å². The summed E-state index contributed by atoms with van der Waals surface area (Å²) in [6.07, 6.45) is 12.1. The smallest absolute Gasteiger partial charge is 0.272 e. The Kier molecular flexibility index (Phi) is 6.39. The summed E-state index contributed by atoms with van der Waals surface area (Å²) in [4.78, 5) is 25.7. The number of rotatable bonds is 6. The van der Waals surface area contributed by atoms with E-state index in [4.69, 9.17) is 0 Å². The van der Waals surface area contributed by atoms with E-state index in [0.29, 0.717) is 18.8 Å². The molecule has 0 aromatic carbocycles. The van der Waals surface area contributed by atoms with Gasteiger partial charge >= 0.3 is 0 Å². The fourth-order valence-electron chi connectivity index (χ4n) is 4.00. The molecule has 1 N–H and O–H groups in total. The summed E-state index contributed by atoms with van der Waals surface area (Å²) in [6.45, 7) is 3.84. The molecule has 0 bridgehead atoms. The number of amides is 1. The summed E-state index contributed by atoms with van der Waals surface area (Å²) in [5.74, 6) is 0.973. The highest BCUT2D eigenvalue weighted by molar-refractivity contribution is 5.93. The number of allylic oxidation sites excluding steroid dienone is 1. The first kappa shape index (κ1) is 19.4. The number of hydrogen-bond donors (Lipinski definition) is 1. The molecule has 0 spiro atoms. The molecule has 1 aliphatic heterocycles. The molecule has 152 valence electrons. The SMILES string of the molecule is O=C(c1cc(NCCC2=CCCCC2)ccn1)N1CCN(c2ccccn2)CC1. The van der Waals surface area contributed by atoms with Crippen LogP contribution in [0.4, 0.5) is 11.5 Å². The highest BCUT2D eigenvalue weighted by atomic mass is 16.2. The molecule has 6 nitrogen and oxygen atoms in total. The van der Waals surface area contributed by atoms with Crippen molar-refractivity contribution in [2.45, 2.75) is 32.1 Å². The Morgan fingerprint density at radius 3 is 2.69 bits per heavy atom. The maximum absolute atomic E-state index is 12.9. The average Bonchev–Trinajstić information content (AvgIpc) is 2.80. The van der Waals surface area contributed by atoms with E-state index in [1.807, 2.05) is 35.2 Å². The number of hydrogen-bond acceptors (Lipinski definition) is 5. The number of aromatic nitrogens is 2. The van der Waals surface area contributed by atoms with Crippen molar-refractivity contribution in [1.82, 2.24) is 14.9 Å². The molecule has 0 atom stereocenters. The van der Waals surface area contributed by atoms with Crippen molar-refractivity contribution in [2.75, 3.05) is 42.9 Å². The Hall–Kier alpha value is -2.89. The lowest BCUT2D eigenvalue weighted by molar-refractivity contribution is 0.0740. The second-order valence-electron chi connectivity index (χ2n) is 7.68. The van der Waals surface area contributed by atoms with E-state index >= 15 is 0 Å². The van der Waals surface area contributed by atoms with Crippen LogP contribution < -0.4 is 10.2 Å². The Labute approximate surface area is 172 Å². The molecule has 1 amide bonds. The van der Waals surface area contributed by atoms with Gasteiger partial charge in [0.15, 0.2) is 0 Å². The molecule has 6 heteroatoms. The van der Waals surface area contributed by atoms with Gasteiger partial charge in [-0.3, -0.25) is 9.78 Å². The molecule has 2 aromatic heterocycles. The first-order valence-electron chi connectivity index (χ1n) is 10.6. The molecule has 2 aliphatic rings. The minimum atomic E-state index is 0.00399. The first-order chi connectivity index (χ1) is 14.3. The van der Waals surface area contributed by atoms with Crippen molar-refractivity contribution in [3.63, 3.8) is 0 Å². The van der Waals surface area contributed by atoms with E-state index in [2.05, 4.69) is 26.3 Å². The fourth-order valence-corrected chi connectivity index (χ4v) is 4.00. The van der Waals surface area contributed by atoms with E-state index < -0.39 is 0 Å². The lowest BCUT2D eigenvalue weighted by Gasteiger charge is -2.35. The van der Waals surface area contributed by atoms with Crippen LogP contribution in [0.25, 0.3) is 0 Å². The van der Waals surface area contributed by atoms with Crippen molar-refractivity contribution in [3.8, 4) is 0 Å². The largest absolute Gasteiger partial charge is 0.385 e. The van der Waals surface area contributed by atoms with Crippen LogP contribution in [-0.2, 0) is 0 Å². The fraction of sp³-hybridized carbons (Fsp3) is 0.435. The molecule has 1 fully saturated rings. The van der Waals surface area contributed by atoms with Gasteiger partial charge in [-0.15, -0.1) is 0 Å². The molecule has 3 heterocycles. The molecule has 1 aliphatic carbocycles. The zero-order valence-corrected chi connectivity index (χ0v) is 16.9. The lowest BCUT2D eigenvalue weighted by atomic mass is 9.97. The van der Waals surface area contributed by atoms with Crippen molar-refractivity contribution in [2.24, 2.45) is 0 Å². The molecule has 0 radical (unpaired) electrons. The summed E-state index contributed by atoms with van der Waals surface area (Å²) in [6, 6.07) is 9.74. The van der Waals surface area contributed by atoms with Gasteiger partial charge in [0.05, 0.1) is 0 Å². The van der Waals surface area contributed by atoms with Crippen LogP contribution in [-0.4, -0.2) is 53.5 Å². The number of anilines is 2. The maximum atomic E-state index is 12.9. The molecule has 1 saturated heterocycles. The number of piperazine rings is 1. The quantitative estimate of drug-likeness (QED) is 0.760. The molecule has 0 unspecified atom stereocenters. The second-order valence-corrected chi connectivity index (χ2v) is 7.68. The van der Waals surface area contributed by atoms with Gasteiger partial charge in [0.1, 0.15) is 11.5 Å². The number of nitrogens with zero attached hydrogens (tertiary/aromatic N) is 4. The van der Waals surface area contributed by atoms with E-state index in [1.165, 1.54) is 25.7 Å². The third-order valence-electron chi connectivity index (χ3n) is 5.68. The van der Waals surface area contributed by atoms with Gasteiger partial charge < -0.3 is 15.1 Å². The summed E-state index contributed by atoms with van der Waals surface area (Å²) >= 11 is 0. The van der Waals surface area contributed by atoms with Gasteiger partial charge in [0.2, 0.25) is 0 Å². The van der Waals surface area contributed by atoms with Crippen molar-refractivity contribution < 1.29 is 4.79 Å². The molecule has 29 heavy (non-hydrogen) atoms. The highest BCUT2D eigenvalue weighted by Crippen LogP contribution is 2.20. The van der Waals surface area contributed by atoms with Crippen LogP contribution >= 0.6 is 0 Å². The third kappa shape index (κ3) is 5.13. The monoisotopic (exact) mass is 391 g/mol. The van der Waals surface area contributed by atoms with Crippen LogP contribution in [0.2, 0.25) is 0 Å². The minimum Gasteiger partial charge on any atom is -0.385 e. The normalized spacial score (nSPS) is 17.0. The average molecular weight is 392 g/mol. The minimum absolute atomic E-state index is 0.00399. The van der Waals surface area contributed by atoms with Crippen molar-refractivity contribution >= 4 is 17.4 Å². The molecular formula is C23H29N5O. The Bertz CT molecular complexity index is 843. The van der Waals surface area contributed by atoms with Gasteiger partial charge in [-0.1, -0.05) is 17.7 Å². The predicted molar refractivity (Wildman–Crippen MR) is 116 cm³/mol. The zero-order valence-electron chi connectivity index (χ0n) is 16.9. The summed E-state index contributed by atoms with van der Waals surface area (Å²) in [7, 11) is 0. The molecule has 0 saturated carbocycles. The third-order valence-corrected chi connectivity index (χ3v) is 5.68. The standard InChI is InChI=1S/C23H29N5O/c29-23(28-16-14-27(15-17-28)22-8-4-5-11-26-22)21-18-20(10-13-25-21)24-12-9-19-6-2-1-3-7-19/h4-6,8,10-11,13,18H,1-3,7,9,12,14-17H2,(H,24,25). The van der Waals surface area contributed by atoms with Gasteiger partial charge in [0.25, 0.3) is 5.91 Å². The van der Waals surface area contributed by atoms with E-state index in [9.17, 15) is 4.79 Å². The van der Waals surface area contributed by atoms with Crippen LogP contribution in [0.1, 0.15) is 42.6 Å². The Morgan fingerprint density at radius 2 is 1.93 bits per heavy atom. The number of carbonyl (C=O) groups excluding carboxylic acids is 1. The topological polar surface area (TPSA) is 61.4 Å². The Balaban J connectivity index is 1.30. The van der Waals surface area contributed by atoms with Crippen LogP contribution in [0, 0.1) is 0 Å². The van der Waals surface area contributed by atoms with E-state index in [-0.39, 0.29) is 5.91 Å². The van der Waals surface area contributed by atoms with Gasteiger partial charge in [0, 0.05) is 50.8 Å². The van der Waals surface area contributed by atoms with Crippen molar-refractivity contribution in [3.05, 3.63) is 60.1 Å². The molecular weight excluding hydrogens is 362 g/mol. The van der Waals surface area contributed by atoms with Crippen LogP contribution in [0.15, 0.2) is 54.4 Å². The maximum Gasteiger partial charge on any atom is 0.272 e. The van der Waals surface area contributed by atoms with Crippen LogP contribution in [0.5, 0.6) is 0 Å². The van der Waals surface area contributed by atoms with Gasteiger partial charge in [-0.05, 0) is 56.4 Å².